The summed E-state index contributed by atoms with van der Waals surface area (Å²) >= 11 is 0. The fourth-order valence-corrected chi connectivity index (χ4v) is 91.1. The van der Waals surface area contributed by atoms with Crippen LogP contribution in [0.4, 0.5) is 0 Å². The zero-order valence-corrected chi connectivity index (χ0v) is 26.6. The van der Waals surface area contributed by atoms with Crippen LogP contribution in [-0.2, 0) is 0 Å². The summed E-state index contributed by atoms with van der Waals surface area (Å²) in [6.07, 6.45) is 0. The zero-order chi connectivity index (χ0) is 18.2. The molecule has 0 saturated heterocycles. The van der Waals surface area contributed by atoms with Gasteiger partial charge in [0.25, 0.3) is 0 Å². The van der Waals surface area contributed by atoms with Crippen molar-refractivity contribution < 1.29 is 0 Å². The first-order valence-corrected chi connectivity index (χ1v) is 29.2. The van der Waals surface area contributed by atoms with Gasteiger partial charge in [0.05, 0.1) is 0 Å². The van der Waals surface area contributed by atoms with Gasteiger partial charge in [0, 0.05) is 65.3 Å². The minimum Gasteiger partial charge on any atom is -0.0721 e. The van der Waals surface area contributed by atoms with E-state index in [-0.39, 0.29) is 42.5 Å². The third-order valence-electron chi connectivity index (χ3n) is 2.25. The van der Waals surface area contributed by atoms with Crippen LogP contribution in [0.3, 0.4) is 0 Å². The monoisotopic (exact) mass is 467 g/mol. The van der Waals surface area contributed by atoms with Gasteiger partial charge in [-0.05, 0) is 0 Å². The molecule has 0 heterocycles. The van der Waals surface area contributed by atoms with Crippen LogP contribution in [-0.4, -0.2) is 65.3 Å². The van der Waals surface area contributed by atoms with Gasteiger partial charge in [-0.1, -0.05) is 98.2 Å². The van der Waals surface area contributed by atoms with Crippen molar-refractivity contribution in [3.05, 3.63) is 0 Å². The smallest absolute Gasteiger partial charge is 0.0379 e. The maximum absolute atomic E-state index is 2.61. The summed E-state index contributed by atoms with van der Waals surface area (Å²) in [5.74, 6) is 0. The Morgan fingerprint density at radius 3 is 0.500 bits per heavy atom. The van der Waals surface area contributed by atoms with E-state index >= 15 is 0 Å². The molecule has 0 N–H and O–H groups in total. The summed E-state index contributed by atoms with van der Waals surface area (Å²) in [5.41, 5.74) is 0. The van der Waals surface area contributed by atoms with Crippen LogP contribution >= 0.6 is 0 Å². The second-order valence-corrected chi connectivity index (χ2v) is 52.9. The Bertz CT molecular complexity index is 203. The van der Waals surface area contributed by atoms with Crippen LogP contribution in [0.2, 0.25) is 98.2 Å². The molecule has 0 aromatic carbocycles. The molecule has 22 heavy (non-hydrogen) atoms. The second kappa shape index (κ2) is 13.1. The van der Waals surface area contributed by atoms with Gasteiger partial charge in [0.2, 0.25) is 0 Å². The maximum atomic E-state index is 2.61. The van der Waals surface area contributed by atoms with Crippen LogP contribution in [0.5, 0.6) is 0 Å². The molecule has 133 valence electrons. The molecule has 0 aromatic heterocycles. The molecule has 0 fully saturated rings. The molecule has 0 unspecified atom stereocenters. The molecule has 0 rings (SSSR count). The molecule has 0 spiro atoms. The van der Waals surface area contributed by atoms with E-state index in [1.165, 1.54) is 0 Å². The van der Waals surface area contributed by atoms with Crippen LogP contribution < -0.4 is 0 Å². The van der Waals surface area contributed by atoms with Gasteiger partial charge >= 0.3 is 0 Å². The number of rotatable bonds is 3. The van der Waals surface area contributed by atoms with Crippen molar-refractivity contribution in [2.24, 2.45) is 0 Å². The predicted octanol–water partition coefficient (Wildman–Crippen LogP) is 6.09. The molecular formula is C15H45GeSi6. The molecule has 0 atom stereocenters. The topological polar surface area (TPSA) is 0 Å². The normalized spacial score (nSPS) is 12.3. The summed E-state index contributed by atoms with van der Waals surface area (Å²) in [6.45, 7) is 37.1. The Kier molecular flexibility index (Phi) is 18.8. The minimum absolute atomic E-state index is 0. The van der Waals surface area contributed by atoms with Gasteiger partial charge < -0.3 is 0 Å². The molecule has 0 saturated carbocycles. The average molecular weight is 467 g/mol. The van der Waals surface area contributed by atoms with Crippen molar-refractivity contribution >= 4 is 65.3 Å². The fourth-order valence-electron chi connectivity index (χ4n) is 3.38. The van der Waals surface area contributed by atoms with Crippen molar-refractivity contribution in [1.82, 2.24) is 0 Å². The van der Waals surface area contributed by atoms with E-state index in [0.29, 0.717) is 0 Å². The number of hydrogen-bond acceptors (Lipinski definition) is 0. The van der Waals surface area contributed by atoms with Gasteiger partial charge in [-0.2, -0.15) is 0 Å². The zero-order valence-electron chi connectivity index (χ0n) is 18.5. The van der Waals surface area contributed by atoms with Gasteiger partial charge in [0.1, 0.15) is 0 Å². The number of hydrogen-bond donors (Lipinski definition) is 0. The molecular weight excluding hydrogens is 421 g/mol. The van der Waals surface area contributed by atoms with Crippen LogP contribution in [0, 0.1) is 0 Å². The quantitative estimate of drug-likeness (QED) is 0.442. The van der Waals surface area contributed by atoms with E-state index in [1.807, 2.05) is 0 Å². The summed E-state index contributed by atoms with van der Waals surface area (Å²) in [5, 5.41) is 0. The van der Waals surface area contributed by atoms with Gasteiger partial charge in [-0.25, -0.2) is 0 Å². The van der Waals surface area contributed by atoms with Crippen molar-refractivity contribution in [3.8, 4) is 0 Å². The van der Waals surface area contributed by atoms with Crippen molar-refractivity contribution in [2.75, 3.05) is 0 Å². The average Bonchev–Trinajstić information content (AvgIpc) is 1.88. The fraction of sp³-hybridized carbons (Fsp3) is 1.00. The summed E-state index contributed by atoms with van der Waals surface area (Å²) < 4.78 is 0. The van der Waals surface area contributed by atoms with E-state index in [1.54, 1.807) is 0 Å². The predicted molar refractivity (Wildman–Crippen MR) is 128 cm³/mol. The van der Waals surface area contributed by atoms with E-state index in [2.05, 4.69) is 98.2 Å². The first-order valence-electron chi connectivity index (χ1n) is 8.25. The van der Waals surface area contributed by atoms with Gasteiger partial charge in [-0.15, -0.1) is 0 Å². The molecule has 0 bridgehead atoms. The first-order chi connectivity index (χ1) is 8.83. The Labute approximate surface area is 162 Å². The second-order valence-electron chi connectivity index (χ2n) is 10.1. The minimum atomic E-state index is -0.832. The van der Waals surface area contributed by atoms with E-state index in [4.69, 9.17) is 0 Å². The summed E-state index contributed by atoms with van der Waals surface area (Å²) in [4.78, 5) is 0. The van der Waals surface area contributed by atoms with Crippen LogP contribution in [0.15, 0.2) is 0 Å². The Morgan fingerprint density at radius 2 is 0.500 bits per heavy atom. The SMILES string of the molecule is C[Si](C)(C)[Si]([Si](C)(C)C)[Si](C)(C)C.C[Si](C)C.C[Si](C)C.[Ge]. The Balaban J connectivity index is -0.000000150. The molecule has 0 aromatic rings. The maximum Gasteiger partial charge on any atom is 0.0379 e. The van der Waals surface area contributed by atoms with E-state index < -0.39 is 22.8 Å². The van der Waals surface area contributed by atoms with Crippen LogP contribution in [0.1, 0.15) is 0 Å². The van der Waals surface area contributed by atoms with Crippen molar-refractivity contribution in [3.63, 3.8) is 0 Å². The molecule has 0 amide bonds. The third kappa shape index (κ3) is 24.1. The molecule has 7 heteroatoms. The van der Waals surface area contributed by atoms with E-state index in [9.17, 15) is 0 Å². The van der Waals surface area contributed by atoms with E-state index in [0.717, 1.165) is 0 Å². The van der Waals surface area contributed by atoms with Crippen LogP contribution in [0.25, 0.3) is 0 Å². The van der Waals surface area contributed by atoms with Crippen molar-refractivity contribution in [2.45, 2.75) is 98.2 Å². The van der Waals surface area contributed by atoms with Gasteiger partial charge in [0.15, 0.2) is 0 Å². The summed E-state index contributed by atoms with van der Waals surface area (Å²) in [7, 11) is -2.23. The molecule has 0 aliphatic heterocycles. The summed E-state index contributed by atoms with van der Waals surface area (Å²) in [6, 6.07) is 0. The molecule has 0 nitrogen and oxygen atoms in total. The molecule has 0 aliphatic rings. The molecule has 0 aliphatic carbocycles. The molecule has 7 radical (unpaired) electrons. The van der Waals surface area contributed by atoms with Gasteiger partial charge in [-0.3, -0.25) is 0 Å². The Hall–Kier alpha value is 1.84. The third-order valence-corrected chi connectivity index (χ3v) is 60.8. The first kappa shape index (κ1) is 31.6. The van der Waals surface area contributed by atoms with Crippen molar-refractivity contribution in [1.29, 1.82) is 0 Å². The standard InChI is InChI=1S/C9H27Si4.2C3H9Si.Ge/c1-11(2,3)10(12(4,5)6)13(7,8)9;2*1-4(2)3;/h1-9H3;2*1-3H3;. The largest absolute Gasteiger partial charge is 0.0721 e. The Morgan fingerprint density at radius 1 is 0.409 bits per heavy atom.